The largest absolute Gasteiger partial charge is 0.389 e. The van der Waals surface area contributed by atoms with Crippen LogP contribution in [0.3, 0.4) is 0 Å². The first-order chi connectivity index (χ1) is 7.40. The highest BCUT2D eigenvalue weighted by Gasteiger charge is 2.48. The van der Waals surface area contributed by atoms with Gasteiger partial charge in [0.15, 0.2) is 5.96 Å². The van der Waals surface area contributed by atoms with E-state index in [1.165, 1.54) is 7.05 Å². The molecule has 9 N–H and O–H groups in total. The van der Waals surface area contributed by atoms with Gasteiger partial charge in [0.05, 0.1) is 12.1 Å². The number of aliphatic hydroxyl groups is 4. The highest BCUT2D eigenvalue weighted by molar-refractivity contribution is 5.76. The zero-order valence-electron chi connectivity index (χ0n) is 8.85. The molecule has 0 amide bonds. The average Bonchev–Trinajstić information content (AvgIpc) is 2.22. The summed E-state index contributed by atoms with van der Waals surface area (Å²) < 4.78 is 0. The van der Waals surface area contributed by atoms with Gasteiger partial charge >= 0.3 is 0 Å². The zero-order valence-corrected chi connectivity index (χ0v) is 8.85. The second-order valence-corrected chi connectivity index (χ2v) is 3.82. The Balaban J connectivity index is 2.95. The maximum absolute atomic E-state index is 9.82. The highest BCUT2D eigenvalue weighted by atomic mass is 16.4. The standard InChI is InChI=1S/C8H18N4O4/c1-11-2-4(13)3(12-8(9)10)6(15)7(16)5(2)14/h2-7,11,13-16H,1H3,(H4,9,10,12)/t2-,3+,4-,5+,6-,7?/m0/s1. The lowest BCUT2D eigenvalue weighted by Crippen LogP contribution is -2.66. The van der Waals surface area contributed by atoms with E-state index < -0.39 is 36.5 Å². The van der Waals surface area contributed by atoms with Crippen molar-refractivity contribution in [3.63, 3.8) is 0 Å². The summed E-state index contributed by atoms with van der Waals surface area (Å²) in [7, 11) is 1.51. The van der Waals surface area contributed by atoms with E-state index in [1.54, 1.807) is 0 Å². The molecule has 1 saturated carbocycles. The summed E-state index contributed by atoms with van der Waals surface area (Å²) in [6.07, 6.45) is -5.33. The van der Waals surface area contributed by atoms with Crippen LogP contribution >= 0.6 is 0 Å². The minimum Gasteiger partial charge on any atom is -0.389 e. The molecule has 1 aliphatic carbocycles. The second-order valence-electron chi connectivity index (χ2n) is 3.82. The minimum absolute atomic E-state index is 0.304. The molecular weight excluding hydrogens is 216 g/mol. The first-order valence-electron chi connectivity index (χ1n) is 4.88. The number of hydrogen-bond donors (Lipinski definition) is 7. The molecule has 1 unspecified atom stereocenters. The van der Waals surface area contributed by atoms with Gasteiger partial charge in [-0.1, -0.05) is 0 Å². The van der Waals surface area contributed by atoms with Gasteiger partial charge in [-0.3, -0.25) is 0 Å². The van der Waals surface area contributed by atoms with Gasteiger partial charge in [-0.15, -0.1) is 0 Å². The molecule has 0 aliphatic heterocycles. The van der Waals surface area contributed by atoms with E-state index in [0.717, 1.165) is 0 Å². The van der Waals surface area contributed by atoms with Crippen molar-refractivity contribution in [2.75, 3.05) is 7.05 Å². The molecule has 8 nitrogen and oxygen atoms in total. The summed E-state index contributed by atoms with van der Waals surface area (Å²) in [5, 5.41) is 41.2. The number of likely N-dealkylation sites (N-methyl/N-ethyl adjacent to an activating group) is 1. The highest BCUT2D eigenvalue weighted by Crippen LogP contribution is 2.23. The Morgan fingerprint density at radius 3 is 2.00 bits per heavy atom. The first kappa shape index (κ1) is 13.1. The summed E-state index contributed by atoms with van der Waals surface area (Å²) >= 11 is 0. The minimum atomic E-state index is -1.42. The molecule has 1 rings (SSSR count). The van der Waals surface area contributed by atoms with Gasteiger partial charge in [0.25, 0.3) is 0 Å². The molecule has 94 valence electrons. The molecule has 6 atom stereocenters. The third-order valence-electron chi connectivity index (χ3n) is 2.77. The van der Waals surface area contributed by atoms with Gasteiger partial charge < -0.3 is 37.2 Å². The van der Waals surface area contributed by atoms with Crippen molar-refractivity contribution in [2.45, 2.75) is 36.5 Å². The molecule has 0 heterocycles. The first-order valence-corrected chi connectivity index (χ1v) is 4.88. The Morgan fingerprint density at radius 2 is 1.56 bits per heavy atom. The van der Waals surface area contributed by atoms with Crippen molar-refractivity contribution in [3.8, 4) is 0 Å². The lowest BCUT2D eigenvalue weighted by atomic mass is 9.82. The van der Waals surface area contributed by atoms with Gasteiger partial charge in [-0.2, -0.15) is 0 Å². The molecule has 0 spiro atoms. The predicted octanol–water partition coefficient (Wildman–Crippen LogP) is -4.33. The van der Waals surface area contributed by atoms with Crippen LogP contribution in [0.4, 0.5) is 0 Å². The third kappa shape index (κ3) is 2.25. The van der Waals surface area contributed by atoms with Gasteiger partial charge in [-0.05, 0) is 7.05 Å². The SMILES string of the molecule is CN[C@H]1[C@H](O)[C@@H](N=C(N)N)[C@H](O)C(O)[C@@H]1O. The Morgan fingerprint density at radius 1 is 1.00 bits per heavy atom. The van der Waals surface area contributed by atoms with Crippen LogP contribution < -0.4 is 16.8 Å². The van der Waals surface area contributed by atoms with Gasteiger partial charge in [0, 0.05) is 0 Å². The number of nitrogens with zero attached hydrogens (tertiary/aromatic N) is 1. The smallest absolute Gasteiger partial charge is 0.186 e. The molecule has 0 aromatic heterocycles. The molecule has 0 bridgehead atoms. The molecule has 0 aromatic carbocycles. The van der Waals surface area contributed by atoms with Gasteiger partial charge in [-0.25, -0.2) is 4.99 Å². The van der Waals surface area contributed by atoms with E-state index in [2.05, 4.69) is 10.3 Å². The van der Waals surface area contributed by atoms with Crippen molar-refractivity contribution in [3.05, 3.63) is 0 Å². The summed E-state index contributed by atoms with van der Waals surface area (Å²) in [5.41, 5.74) is 10.3. The van der Waals surface area contributed by atoms with Crippen LogP contribution in [0.25, 0.3) is 0 Å². The Kier molecular flexibility index (Phi) is 4.05. The Labute approximate surface area is 92.6 Å². The molecule has 16 heavy (non-hydrogen) atoms. The fourth-order valence-corrected chi connectivity index (χ4v) is 1.90. The maximum atomic E-state index is 9.82. The summed E-state index contributed by atoms with van der Waals surface area (Å²) in [4.78, 5) is 3.64. The number of rotatable bonds is 2. The molecular formula is C8H18N4O4. The monoisotopic (exact) mass is 234 g/mol. The van der Waals surface area contributed by atoms with Crippen LogP contribution in [-0.4, -0.2) is 69.9 Å². The molecule has 1 fully saturated rings. The summed E-state index contributed by atoms with van der Waals surface area (Å²) in [6.45, 7) is 0. The number of guanidine groups is 1. The average molecular weight is 234 g/mol. The van der Waals surface area contributed by atoms with Crippen molar-refractivity contribution < 1.29 is 20.4 Å². The topological polar surface area (TPSA) is 157 Å². The summed E-state index contributed by atoms with van der Waals surface area (Å²) in [6, 6.07) is -1.88. The molecule has 0 saturated heterocycles. The van der Waals surface area contributed by atoms with E-state index in [0.29, 0.717) is 0 Å². The number of aliphatic hydroxyl groups excluding tert-OH is 4. The van der Waals surface area contributed by atoms with Crippen molar-refractivity contribution >= 4 is 5.96 Å². The van der Waals surface area contributed by atoms with Gasteiger partial charge in [0.1, 0.15) is 24.4 Å². The van der Waals surface area contributed by atoms with E-state index in [1.807, 2.05) is 0 Å². The van der Waals surface area contributed by atoms with Gasteiger partial charge in [0.2, 0.25) is 0 Å². The molecule has 0 aromatic rings. The Bertz CT molecular complexity index is 271. The van der Waals surface area contributed by atoms with Crippen molar-refractivity contribution in [2.24, 2.45) is 16.5 Å². The molecule has 1 aliphatic rings. The van der Waals surface area contributed by atoms with E-state index in [9.17, 15) is 20.4 Å². The maximum Gasteiger partial charge on any atom is 0.186 e. The quantitative estimate of drug-likeness (QED) is 0.188. The third-order valence-corrected chi connectivity index (χ3v) is 2.77. The fraction of sp³-hybridized carbons (Fsp3) is 0.875. The number of nitrogens with one attached hydrogen (secondary N) is 1. The van der Waals surface area contributed by atoms with Crippen LogP contribution in [0.1, 0.15) is 0 Å². The van der Waals surface area contributed by atoms with Crippen LogP contribution in [0, 0.1) is 0 Å². The fourth-order valence-electron chi connectivity index (χ4n) is 1.90. The lowest BCUT2D eigenvalue weighted by molar-refractivity contribution is -0.142. The predicted molar refractivity (Wildman–Crippen MR) is 56.5 cm³/mol. The van der Waals surface area contributed by atoms with Crippen LogP contribution in [0.15, 0.2) is 4.99 Å². The van der Waals surface area contributed by atoms with Crippen LogP contribution in [0.5, 0.6) is 0 Å². The number of aliphatic imine (C=N–C) groups is 1. The normalized spacial score (nSPS) is 44.1. The van der Waals surface area contributed by atoms with Crippen LogP contribution in [-0.2, 0) is 0 Å². The number of hydrogen-bond acceptors (Lipinski definition) is 6. The van der Waals surface area contributed by atoms with Crippen molar-refractivity contribution in [1.29, 1.82) is 0 Å². The zero-order chi connectivity index (χ0) is 12.5. The van der Waals surface area contributed by atoms with E-state index in [4.69, 9.17) is 11.5 Å². The molecule has 0 radical (unpaired) electrons. The Hall–Kier alpha value is -0.930. The molecule has 8 heteroatoms. The lowest BCUT2D eigenvalue weighted by Gasteiger charge is -2.42. The van der Waals surface area contributed by atoms with Crippen molar-refractivity contribution in [1.82, 2.24) is 5.32 Å². The van der Waals surface area contributed by atoms with Crippen LogP contribution in [0.2, 0.25) is 0 Å². The number of nitrogens with two attached hydrogens (primary N) is 2. The second kappa shape index (κ2) is 4.93. The van der Waals surface area contributed by atoms with E-state index in [-0.39, 0.29) is 5.96 Å². The van der Waals surface area contributed by atoms with E-state index >= 15 is 0 Å². The summed E-state index contributed by atoms with van der Waals surface area (Å²) in [5.74, 6) is -0.304.